The Labute approximate surface area is 80.5 Å². The SMILES string of the molecule is CC(N)(CO)c1ccc([N+](=O)[O-])nc1. The normalized spacial score (nSPS) is 14.8. The van der Waals surface area contributed by atoms with Gasteiger partial charge >= 0.3 is 5.82 Å². The predicted octanol–water partition coefficient (Wildman–Crippen LogP) is 0.156. The van der Waals surface area contributed by atoms with Crippen molar-refractivity contribution in [1.29, 1.82) is 0 Å². The van der Waals surface area contributed by atoms with E-state index in [1.165, 1.54) is 18.3 Å². The fourth-order valence-corrected chi connectivity index (χ4v) is 0.923. The third kappa shape index (κ3) is 2.04. The number of aliphatic hydroxyl groups is 1. The first-order valence-electron chi connectivity index (χ1n) is 3.98. The Hall–Kier alpha value is -1.53. The van der Waals surface area contributed by atoms with Gasteiger partial charge in [0.1, 0.15) is 6.20 Å². The molecule has 6 heteroatoms. The van der Waals surface area contributed by atoms with Crippen LogP contribution in [0.2, 0.25) is 0 Å². The molecule has 0 aromatic carbocycles. The third-order valence-corrected chi connectivity index (χ3v) is 1.92. The first kappa shape index (κ1) is 10.6. The first-order valence-corrected chi connectivity index (χ1v) is 3.98. The van der Waals surface area contributed by atoms with E-state index >= 15 is 0 Å². The van der Waals surface area contributed by atoms with Crippen LogP contribution in [0.5, 0.6) is 0 Å². The number of hydrogen-bond acceptors (Lipinski definition) is 5. The van der Waals surface area contributed by atoms with E-state index in [-0.39, 0.29) is 12.4 Å². The van der Waals surface area contributed by atoms with Gasteiger partial charge in [0.05, 0.1) is 12.1 Å². The van der Waals surface area contributed by atoms with Gasteiger partial charge in [-0.3, -0.25) is 0 Å². The molecule has 0 saturated heterocycles. The van der Waals surface area contributed by atoms with Gasteiger partial charge in [-0.1, -0.05) is 0 Å². The standard InChI is InChI=1S/C8H11N3O3/c1-8(9,5-12)6-2-3-7(10-4-6)11(13)14/h2-4,12H,5,9H2,1H3. The molecule has 0 aliphatic rings. The maximum Gasteiger partial charge on any atom is 0.363 e. The molecule has 3 N–H and O–H groups in total. The molecule has 14 heavy (non-hydrogen) atoms. The van der Waals surface area contributed by atoms with E-state index in [4.69, 9.17) is 10.8 Å². The van der Waals surface area contributed by atoms with E-state index in [1.807, 2.05) is 0 Å². The average Bonchev–Trinajstić information content (AvgIpc) is 2.18. The first-order chi connectivity index (χ1) is 6.47. The summed E-state index contributed by atoms with van der Waals surface area (Å²) in [6.45, 7) is 1.38. The molecule has 0 radical (unpaired) electrons. The molecular weight excluding hydrogens is 186 g/mol. The van der Waals surface area contributed by atoms with Gasteiger partial charge in [-0.2, -0.15) is 0 Å². The van der Waals surface area contributed by atoms with E-state index in [1.54, 1.807) is 6.92 Å². The van der Waals surface area contributed by atoms with Crippen molar-refractivity contribution in [3.63, 3.8) is 0 Å². The summed E-state index contributed by atoms with van der Waals surface area (Å²) in [6.07, 6.45) is 1.30. The summed E-state index contributed by atoms with van der Waals surface area (Å²) in [7, 11) is 0. The van der Waals surface area contributed by atoms with Crippen molar-refractivity contribution in [3.05, 3.63) is 34.0 Å². The van der Waals surface area contributed by atoms with E-state index in [0.29, 0.717) is 5.56 Å². The molecule has 0 spiro atoms. The molecule has 0 aliphatic heterocycles. The number of nitrogens with two attached hydrogens (primary N) is 1. The molecule has 6 nitrogen and oxygen atoms in total. The smallest absolute Gasteiger partial charge is 0.363 e. The summed E-state index contributed by atoms with van der Waals surface area (Å²) in [6, 6.07) is 2.75. The van der Waals surface area contributed by atoms with E-state index < -0.39 is 10.5 Å². The van der Waals surface area contributed by atoms with Gasteiger partial charge in [0.15, 0.2) is 0 Å². The summed E-state index contributed by atoms with van der Waals surface area (Å²) in [5.41, 5.74) is 5.35. The van der Waals surface area contributed by atoms with Crippen LogP contribution in [0.15, 0.2) is 18.3 Å². The molecule has 0 aliphatic carbocycles. The van der Waals surface area contributed by atoms with Crippen LogP contribution in [0.3, 0.4) is 0 Å². The Bertz CT molecular complexity index is 334. The second kappa shape index (κ2) is 3.69. The van der Waals surface area contributed by atoms with Crippen molar-refractivity contribution >= 4 is 5.82 Å². The maximum absolute atomic E-state index is 10.3. The summed E-state index contributed by atoms with van der Waals surface area (Å²) < 4.78 is 0. The maximum atomic E-state index is 10.3. The Morgan fingerprint density at radius 3 is 2.71 bits per heavy atom. The molecule has 1 heterocycles. The number of rotatable bonds is 3. The average molecular weight is 197 g/mol. The zero-order valence-electron chi connectivity index (χ0n) is 7.67. The number of nitrogens with zero attached hydrogens (tertiary/aromatic N) is 2. The number of nitro groups is 1. The largest absolute Gasteiger partial charge is 0.394 e. The fraction of sp³-hybridized carbons (Fsp3) is 0.375. The van der Waals surface area contributed by atoms with Crippen LogP contribution in [-0.2, 0) is 5.54 Å². The van der Waals surface area contributed by atoms with Gasteiger partial charge in [0, 0.05) is 11.6 Å². The Morgan fingerprint density at radius 1 is 1.71 bits per heavy atom. The van der Waals surface area contributed by atoms with Crippen molar-refractivity contribution in [2.75, 3.05) is 6.61 Å². The highest BCUT2D eigenvalue weighted by molar-refractivity contribution is 5.27. The Kier molecular flexibility index (Phi) is 2.78. The monoisotopic (exact) mass is 197 g/mol. The van der Waals surface area contributed by atoms with Crippen LogP contribution in [0.4, 0.5) is 5.82 Å². The van der Waals surface area contributed by atoms with Crippen LogP contribution in [-0.4, -0.2) is 21.6 Å². The van der Waals surface area contributed by atoms with Crippen LogP contribution < -0.4 is 5.73 Å². The fourth-order valence-electron chi connectivity index (χ4n) is 0.923. The Morgan fingerprint density at radius 2 is 2.36 bits per heavy atom. The lowest BCUT2D eigenvalue weighted by atomic mass is 9.96. The van der Waals surface area contributed by atoms with Gasteiger partial charge in [0.25, 0.3) is 0 Å². The van der Waals surface area contributed by atoms with Gasteiger partial charge in [0.2, 0.25) is 0 Å². The van der Waals surface area contributed by atoms with Crippen molar-refractivity contribution in [2.45, 2.75) is 12.5 Å². The molecular formula is C8H11N3O3. The minimum atomic E-state index is -0.915. The van der Waals surface area contributed by atoms with Crippen LogP contribution in [0.1, 0.15) is 12.5 Å². The summed E-state index contributed by atoms with van der Waals surface area (Å²) >= 11 is 0. The van der Waals surface area contributed by atoms with Gasteiger partial charge in [-0.25, -0.2) is 0 Å². The van der Waals surface area contributed by atoms with Gasteiger partial charge in [-0.15, -0.1) is 0 Å². The van der Waals surface area contributed by atoms with Crippen molar-refractivity contribution < 1.29 is 10.0 Å². The minimum Gasteiger partial charge on any atom is -0.394 e. The summed E-state index contributed by atoms with van der Waals surface area (Å²) in [4.78, 5) is 13.3. The van der Waals surface area contributed by atoms with E-state index in [2.05, 4.69) is 4.98 Å². The lowest BCUT2D eigenvalue weighted by molar-refractivity contribution is -0.389. The van der Waals surface area contributed by atoms with Gasteiger partial charge in [-0.05, 0) is 22.9 Å². The lowest BCUT2D eigenvalue weighted by Gasteiger charge is -2.20. The van der Waals surface area contributed by atoms with Crippen molar-refractivity contribution in [3.8, 4) is 0 Å². The number of hydrogen-bond donors (Lipinski definition) is 2. The third-order valence-electron chi connectivity index (χ3n) is 1.92. The minimum absolute atomic E-state index is 0.234. The second-order valence-corrected chi connectivity index (χ2v) is 3.24. The highest BCUT2D eigenvalue weighted by atomic mass is 16.6. The highest BCUT2D eigenvalue weighted by Crippen LogP contribution is 2.17. The van der Waals surface area contributed by atoms with E-state index in [0.717, 1.165) is 0 Å². The predicted molar refractivity (Wildman–Crippen MR) is 49.5 cm³/mol. The molecule has 1 aromatic heterocycles. The summed E-state index contributed by atoms with van der Waals surface area (Å²) in [5, 5.41) is 19.2. The molecule has 0 fully saturated rings. The van der Waals surface area contributed by atoms with Crippen molar-refractivity contribution in [2.24, 2.45) is 5.73 Å². The second-order valence-electron chi connectivity index (χ2n) is 3.24. The number of pyridine rings is 1. The van der Waals surface area contributed by atoms with Crippen LogP contribution >= 0.6 is 0 Å². The molecule has 76 valence electrons. The molecule has 0 bridgehead atoms. The van der Waals surface area contributed by atoms with Crippen molar-refractivity contribution in [1.82, 2.24) is 4.98 Å². The topological polar surface area (TPSA) is 102 Å². The van der Waals surface area contributed by atoms with Crippen LogP contribution in [0.25, 0.3) is 0 Å². The molecule has 1 aromatic rings. The summed E-state index contributed by atoms with van der Waals surface area (Å²) in [5.74, 6) is -0.234. The van der Waals surface area contributed by atoms with Gasteiger partial charge < -0.3 is 21.0 Å². The molecule has 0 amide bonds. The quantitative estimate of drug-likeness (QED) is 0.530. The Balaban J connectivity index is 2.99. The molecule has 0 saturated carbocycles. The molecule has 1 atom stereocenters. The number of aliphatic hydroxyl groups excluding tert-OH is 1. The molecule has 1 unspecified atom stereocenters. The zero-order chi connectivity index (χ0) is 10.8. The van der Waals surface area contributed by atoms with Crippen LogP contribution in [0, 0.1) is 10.1 Å². The highest BCUT2D eigenvalue weighted by Gasteiger charge is 2.22. The van der Waals surface area contributed by atoms with E-state index in [9.17, 15) is 10.1 Å². The molecule has 1 rings (SSSR count). The number of aromatic nitrogens is 1. The lowest BCUT2D eigenvalue weighted by Crippen LogP contribution is -2.36. The zero-order valence-corrected chi connectivity index (χ0v) is 7.67.